The summed E-state index contributed by atoms with van der Waals surface area (Å²) in [6.07, 6.45) is 4.74. The van der Waals surface area contributed by atoms with E-state index in [0.717, 1.165) is 44.4 Å². The Bertz CT molecular complexity index is 1330. The number of fused-ring (bicyclic) bond motifs is 4. The number of carbonyl (C=O) groups is 2. The van der Waals surface area contributed by atoms with Crippen molar-refractivity contribution in [3.8, 4) is 5.75 Å². The van der Waals surface area contributed by atoms with E-state index in [9.17, 15) is 28.3 Å². The van der Waals surface area contributed by atoms with Crippen LogP contribution in [0.2, 0.25) is 0 Å². The highest BCUT2D eigenvalue weighted by atomic mass is 19.1. The van der Waals surface area contributed by atoms with Gasteiger partial charge in [0.2, 0.25) is 5.43 Å². The Morgan fingerprint density at radius 3 is 2.76 bits per heavy atom. The number of pyridine rings is 1. The fraction of sp³-hybridized carbons (Fsp3) is 0.536. The molecule has 1 aliphatic carbocycles. The van der Waals surface area contributed by atoms with E-state index in [-0.39, 0.29) is 53.8 Å². The van der Waals surface area contributed by atoms with E-state index in [1.165, 1.54) is 16.8 Å². The number of rotatable bonds is 7. The maximum absolute atomic E-state index is 14.0. The second kappa shape index (κ2) is 10.2. The van der Waals surface area contributed by atoms with Crippen LogP contribution in [0.25, 0.3) is 0 Å². The van der Waals surface area contributed by atoms with Crippen molar-refractivity contribution in [3.05, 3.63) is 63.1 Å². The van der Waals surface area contributed by atoms with Crippen molar-refractivity contribution in [2.45, 2.75) is 64.2 Å². The topological polar surface area (TPSA) is 92.1 Å². The number of hydrogen-bond acceptors (Lipinski definition) is 6. The minimum absolute atomic E-state index is 0.0114. The van der Waals surface area contributed by atoms with Crippen molar-refractivity contribution in [2.75, 3.05) is 26.8 Å². The number of carbonyl (C=O) groups excluding carboxylic acids is 2. The lowest BCUT2D eigenvalue weighted by Crippen LogP contribution is -2.71. The summed E-state index contributed by atoms with van der Waals surface area (Å²) in [5.41, 5.74) is -1.22. The van der Waals surface area contributed by atoms with Gasteiger partial charge in [0.05, 0.1) is 18.7 Å². The third-order valence-corrected chi connectivity index (χ3v) is 8.50. The van der Waals surface area contributed by atoms with Gasteiger partial charge in [0, 0.05) is 50.3 Å². The summed E-state index contributed by atoms with van der Waals surface area (Å²) >= 11 is 0. The van der Waals surface area contributed by atoms with Gasteiger partial charge in [-0.25, -0.2) is 8.78 Å². The van der Waals surface area contributed by atoms with E-state index in [1.54, 1.807) is 7.11 Å². The second-order valence-corrected chi connectivity index (χ2v) is 11.0. The van der Waals surface area contributed by atoms with Gasteiger partial charge < -0.3 is 19.3 Å². The monoisotopic (exact) mass is 529 g/mol. The van der Waals surface area contributed by atoms with Crippen LogP contribution >= 0.6 is 0 Å². The Balaban J connectivity index is 1.47. The molecule has 204 valence electrons. The summed E-state index contributed by atoms with van der Waals surface area (Å²) in [4.78, 5) is 44.0. The van der Waals surface area contributed by atoms with E-state index in [1.807, 2.05) is 4.90 Å². The van der Waals surface area contributed by atoms with Crippen molar-refractivity contribution in [1.82, 2.24) is 14.4 Å². The number of halogens is 2. The first-order valence-electron chi connectivity index (χ1n) is 13.1. The van der Waals surface area contributed by atoms with Crippen LogP contribution < -0.4 is 5.43 Å². The van der Waals surface area contributed by atoms with Crippen LogP contribution in [0.15, 0.2) is 29.2 Å². The smallest absolute Gasteiger partial charge is 0.276 e. The summed E-state index contributed by atoms with van der Waals surface area (Å²) < 4.78 is 34.1. The van der Waals surface area contributed by atoms with Gasteiger partial charge in [-0.1, -0.05) is 25.8 Å². The standard InChI is InChI=1S/C28H33F2N3O5/c1-28-10-4-3-5-22(28)33-23(31(16-28)11-12-38-2)15-32-14-19(25(35)26(36)24(32)27(33)37)21(34)9-7-17-6-8-18(29)13-20(17)30/h6,8,13-14,22-23,36H,3-5,7,9-12,15-16H2,1-2H3/t22-,23-,28-/m0/s1. The van der Waals surface area contributed by atoms with E-state index in [2.05, 4.69) is 11.8 Å². The molecule has 3 heterocycles. The van der Waals surface area contributed by atoms with Gasteiger partial charge in [-0.2, -0.15) is 0 Å². The molecule has 1 N–H and O–H groups in total. The molecule has 2 fully saturated rings. The Morgan fingerprint density at radius 2 is 2.03 bits per heavy atom. The van der Waals surface area contributed by atoms with Crippen molar-refractivity contribution < 1.29 is 28.2 Å². The molecule has 0 unspecified atom stereocenters. The molecule has 0 spiro atoms. The lowest BCUT2D eigenvalue weighted by Gasteiger charge is -2.60. The zero-order chi connectivity index (χ0) is 27.2. The second-order valence-electron chi connectivity index (χ2n) is 11.0. The van der Waals surface area contributed by atoms with E-state index in [0.29, 0.717) is 13.2 Å². The summed E-state index contributed by atoms with van der Waals surface area (Å²) in [7, 11) is 1.63. The maximum atomic E-state index is 14.0. The quantitative estimate of drug-likeness (QED) is 0.554. The minimum Gasteiger partial charge on any atom is -0.503 e. The highest BCUT2D eigenvalue weighted by Gasteiger charge is 2.53. The number of nitrogens with zero attached hydrogens (tertiary/aromatic N) is 3. The molecule has 1 aromatic carbocycles. The Hall–Kier alpha value is -3.11. The number of aromatic hydroxyl groups is 1. The third-order valence-electron chi connectivity index (χ3n) is 8.50. The number of methoxy groups -OCH3 is 1. The summed E-state index contributed by atoms with van der Waals surface area (Å²) in [5.74, 6) is -3.22. The number of aryl methyl sites for hydroxylation is 1. The van der Waals surface area contributed by atoms with Crippen LogP contribution in [-0.2, 0) is 17.7 Å². The SMILES string of the molecule is COCCN1C[C@]2(C)CCCC[C@@H]2N2C(=O)c3c(O)c(=O)c(C(=O)CCc4ccc(F)cc4F)cn3C[C@@H]12. The van der Waals surface area contributed by atoms with Crippen LogP contribution in [0, 0.1) is 17.0 Å². The van der Waals surface area contributed by atoms with Gasteiger partial charge in [0.15, 0.2) is 17.2 Å². The molecule has 1 aromatic heterocycles. The van der Waals surface area contributed by atoms with E-state index < -0.39 is 34.5 Å². The van der Waals surface area contributed by atoms with Gasteiger partial charge in [-0.3, -0.25) is 19.3 Å². The number of ether oxygens (including phenoxy) is 1. The first kappa shape index (κ1) is 26.5. The van der Waals surface area contributed by atoms with Gasteiger partial charge in [0.25, 0.3) is 5.91 Å². The fourth-order valence-corrected chi connectivity index (χ4v) is 6.53. The first-order valence-corrected chi connectivity index (χ1v) is 13.1. The summed E-state index contributed by atoms with van der Waals surface area (Å²) in [5, 5.41) is 10.9. The van der Waals surface area contributed by atoms with Crippen molar-refractivity contribution in [3.63, 3.8) is 0 Å². The predicted molar refractivity (Wildman–Crippen MR) is 135 cm³/mol. The number of benzene rings is 1. The molecule has 2 aliphatic heterocycles. The van der Waals surface area contributed by atoms with Crippen LogP contribution in [0.1, 0.15) is 65.4 Å². The molecule has 1 saturated heterocycles. The number of amides is 1. The lowest BCUT2D eigenvalue weighted by atomic mass is 9.68. The molecule has 1 amide bonds. The van der Waals surface area contributed by atoms with E-state index >= 15 is 0 Å². The van der Waals surface area contributed by atoms with Crippen molar-refractivity contribution in [2.24, 2.45) is 5.41 Å². The van der Waals surface area contributed by atoms with Crippen LogP contribution in [0.4, 0.5) is 8.78 Å². The molecule has 38 heavy (non-hydrogen) atoms. The predicted octanol–water partition coefficient (Wildman–Crippen LogP) is 3.34. The first-order chi connectivity index (χ1) is 18.1. The Kier molecular flexibility index (Phi) is 7.13. The van der Waals surface area contributed by atoms with Crippen molar-refractivity contribution >= 4 is 11.7 Å². The molecule has 0 bridgehead atoms. The molecule has 3 aliphatic rings. The zero-order valence-corrected chi connectivity index (χ0v) is 21.7. The molecular formula is C28H33F2N3O5. The summed E-state index contributed by atoms with van der Waals surface area (Å²) in [6.45, 7) is 4.40. The van der Waals surface area contributed by atoms with Gasteiger partial charge in [0.1, 0.15) is 17.8 Å². The molecular weight excluding hydrogens is 496 g/mol. The highest BCUT2D eigenvalue weighted by molar-refractivity contribution is 6.00. The van der Waals surface area contributed by atoms with Crippen LogP contribution in [-0.4, -0.2) is 70.2 Å². The fourth-order valence-electron chi connectivity index (χ4n) is 6.53. The highest BCUT2D eigenvalue weighted by Crippen LogP contribution is 2.46. The lowest BCUT2D eigenvalue weighted by molar-refractivity contribution is -0.115. The normalized spacial score (nSPS) is 25.1. The average Bonchev–Trinajstić information content (AvgIpc) is 2.88. The molecule has 10 heteroatoms. The van der Waals surface area contributed by atoms with Crippen molar-refractivity contribution in [1.29, 1.82) is 0 Å². The molecule has 5 rings (SSSR count). The van der Waals surface area contributed by atoms with Gasteiger partial charge in [-0.15, -0.1) is 0 Å². The van der Waals surface area contributed by atoms with Crippen LogP contribution in [0.5, 0.6) is 5.75 Å². The number of Topliss-reactive ketones (excluding diaryl/α,β-unsaturated/α-hetero) is 1. The maximum Gasteiger partial charge on any atom is 0.276 e. The minimum atomic E-state index is -0.910. The van der Waals surface area contributed by atoms with Gasteiger partial charge >= 0.3 is 0 Å². The molecule has 8 nitrogen and oxygen atoms in total. The summed E-state index contributed by atoms with van der Waals surface area (Å²) in [6, 6.07) is 3.10. The third kappa shape index (κ3) is 4.53. The number of aromatic nitrogens is 1. The molecule has 3 atom stereocenters. The average molecular weight is 530 g/mol. The number of hydrogen-bond donors (Lipinski definition) is 1. The Morgan fingerprint density at radius 1 is 1.24 bits per heavy atom. The van der Waals surface area contributed by atoms with E-state index in [4.69, 9.17) is 4.74 Å². The zero-order valence-electron chi connectivity index (χ0n) is 21.7. The molecule has 0 radical (unpaired) electrons. The molecule has 1 saturated carbocycles. The molecule has 2 aromatic rings. The van der Waals surface area contributed by atoms with Gasteiger partial charge in [-0.05, 0) is 30.9 Å². The largest absolute Gasteiger partial charge is 0.503 e. The number of ketones is 1. The van der Waals surface area contributed by atoms with Crippen LogP contribution in [0.3, 0.4) is 0 Å². The Labute approximate surface area is 219 Å².